The van der Waals surface area contributed by atoms with Crippen molar-refractivity contribution in [2.24, 2.45) is 0 Å². The fraction of sp³-hybridized carbons (Fsp3) is 0.267. The van der Waals surface area contributed by atoms with Gasteiger partial charge in [0.1, 0.15) is 5.03 Å². The van der Waals surface area contributed by atoms with Crippen LogP contribution in [0.3, 0.4) is 0 Å². The number of aromatic nitrogens is 1. The Hall–Kier alpha value is -0.840. The Balaban J connectivity index is 2.13. The molecule has 1 heterocycles. The molecule has 0 saturated carbocycles. The molecule has 0 amide bonds. The van der Waals surface area contributed by atoms with Crippen molar-refractivity contribution in [2.75, 3.05) is 6.54 Å². The summed E-state index contributed by atoms with van der Waals surface area (Å²) in [7, 11) is 0. The lowest BCUT2D eigenvalue weighted by molar-refractivity contribution is 0.721. The summed E-state index contributed by atoms with van der Waals surface area (Å²) in [5.74, 6) is 0. The van der Waals surface area contributed by atoms with Crippen LogP contribution in [0, 0.1) is 6.92 Å². The van der Waals surface area contributed by atoms with Crippen molar-refractivity contribution in [2.45, 2.75) is 30.3 Å². The summed E-state index contributed by atoms with van der Waals surface area (Å²) in [6.07, 6.45) is 1.95. The zero-order valence-electron chi connectivity index (χ0n) is 11.1. The van der Waals surface area contributed by atoms with Gasteiger partial charge in [-0.05, 0) is 42.8 Å². The van der Waals surface area contributed by atoms with Crippen LogP contribution in [0.15, 0.2) is 50.9 Å². The van der Waals surface area contributed by atoms with Crippen LogP contribution in [0.5, 0.6) is 0 Å². The molecule has 0 aliphatic heterocycles. The Bertz CT molecular complexity index is 558. The summed E-state index contributed by atoms with van der Waals surface area (Å²) in [4.78, 5) is 5.76. The molecule has 0 aliphatic rings. The van der Waals surface area contributed by atoms with E-state index in [2.05, 4.69) is 58.3 Å². The number of nitrogens with one attached hydrogen (secondary N) is 1. The molecular formula is C15H17BrN2S. The number of hydrogen-bond donors (Lipinski definition) is 1. The smallest absolute Gasteiger partial charge is 0.104 e. The zero-order valence-corrected chi connectivity index (χ0v) is 13.5. The second kappa shape index (κ2) is 7.08. The van der Waals surface area contributed by atoms with Crippen molar-refractivity contribution in [3.05, 3.63) is 52.1 Å². The Morgan fingerprint density at radius 2 is 2.16 bits per heavy atom. The van der Waals surface area contributed by atoms with Gasteiger partial charge in [0.25, 0.3) is 0 Å². The van der Waals surface area contributed by atoms with Crippen LogP contribution in [0.2, 0.25) is 0 Å². The van der Waals surface area contributed by atoms with Crippen LogP contribution >= 0.6 is 27.7 Å². The Labute approximate surface area is 127 Å². The maximum Gasteiger partial charge on any atom is 0.104 e. The first-order valence-electron chi connectivity index (χ1n) is 6.28. The lowest BCUT2D eigenvalue weighted by Crippen LogP contribution is -2.12. The molecule has 19 heavy (non-hydrogen) atoms. The minimum absolute atomic E-state index is 0.881. The number of rotatable bonds is 5. The molecule has 0 fully saturated rings. The van der Waals surface area contributed by atoms with Crippen LogP contribution in [0.4, 0.5) is 0 Å². The minimum atomic E-state index is 0.881. The quantitative estimate of drug-likeness (QED) is 0.875. The lowest BCUT2D eigenvalue weighted by Gasteiger charge is -2.08. The first-order chi connectivity index (χ1) is 9.19. The van der Waals surface area contributed by atoms with E-state index in [0.29, 0.717) is 0 Å². The number of halogens is 1. The molecule has 0 atom stereocenters. The van der Waals surface area contributed by atoms with Gasteiger partial charge in [0, 0.05) is 22.1 Å². The van der Waals surface area contributed by atoms with Gasteiger partial charge in [-0.3, -0.25) is 0 Å². The van der Waals surface area contributed by atoms with Crippen molar-refractivity contribution in [1.29, 1.82) is 0 Å². The Morgan fingerprint density at radius 3 is 2.84 bits per heavy atom. The minimum Gasteiger partial charge on any atom is -0.313 e. The molecule has 4 heteroatoms. The third-order valence-electron chi connectivity index (χ3n) is 2.68. The maximum absolute atomic E-state index is 4.56. The van der Waals surface area contributed by atoms with Crippen molar-refractivity contribution in [3.8, 4) is 0 Å². The van der Waals surface area contributed by atoms with Crippen LogP contribution < -0.4 is 5.32 Å². The molecular weight excluding hydrogens is 320 g/mol. The monoisotopic (exact) mass is 336 g/mol. The molecule has 0 aliphatic carbocycles. The molecule has 2 rings (SSSR count). The highest BCUT2D eigenvalue weighted by atomic mass is 79.9. The number of nitrogens with zero attached hydrogens (tertiary/aromatic N) is 1. The molecule has 0 saturated heterocycles. The highest BCUT2D eigenvalue weighted by Gasteiger charge is 2.04. The summed E-state index contributed by atoms with van der Waals surface area (Å²) in [6, 6.07) is 10.5. The molecule has 0 bridgehead atoms. The first-order valence-corrected chi connectivity index (χ1v) is 7.89. The van der Waals surface area contributed by atoms with Gasteiger partial charge >= 0.3 is 0 Å². The first kappa shape index (κ1) is 14.6. The summed E-state index contributed by atoms with van der Waals surface area (Å²) < 4.78 is 1.10. The molecule has 0 unspecified atom stereocenters. The Morgan fingerprint density at radius 1 is 1.32 bits per heavy atom. The van der Waals surface area contributed by atoms with E-state index >= 15 is 0 Å². The fourth-order valence-corrected chi connectivity index (χ4v) is 3.17. The topological polar surface area (TPSA) is 24.9 Å². The van der Waals surface area contributed by atoms with Gasteiger partial charge in [-0.25, -0.2) is 4.98 Å². The van der Waals surface area contributed by atoms with E-state index in [0.717, 1.165) is 22.6 Å². The third kappa shape index (κ3) is 4.34. The van der Waals surface area contributed by atoms with Gasteiger partial charge in [-0.1, -0.05) is 46.7 Å². The lowest BCUT2D eigenvalue weighted by atomic mass is 10.2. The molecule has 1 aromatic heterocycles. The Kier molecular flexibility index (Phi) is 5.43. The van der Waals surface area contributed by atoms with Gasteiger partial charge in [-0.15, -0.1) is 0 Å². The highest BCUT2D eigenvalue weighted by Crippen LogP contribution is 2.30. The highest BCUT2D eigenvalue weighted by molar-refractivity contribution is 9.10. The summed E-state index contributed by atoms with van der Waals surface area (Å²) >= 11 is 5.19. The average molecular weight is 337 g/mol. The SMILES string of the molecule is CCNCc1cnc(Sc2cccc(Br)c2)c(C)c1. The van der Waals surface area contributed by atoms with E-state index in [1.807, 2.05) is 18.3 Å². The molecule has 2 aromatic rings. The van der Waals surface area contributed by atoms with Gasteiger partial charge in [0.2, 0.25) is 0 Å². The number of aryl methyl sites for hydroxylation is 1. The van der Waals surface area contributed by atoms with Crippen LogP contribution in [-0.4, -0.2) is 11.5 Å². The average Bonchev–Trinajstić information content (AvgIpc) is 2.39. The number of benzene rings is 1. The predicted octanol–water partition coefficient (Wildman–Crippen LogP) is 4.41. The van der Waals surface area contributed by atoms with Gasteiger partial charge in [0.05, 0.1) is 0 Å². The van der Waals surface area contributed by atoms with E-state index in [4.69, 9.17) is 0 Å². The molecule has 0 spiro atoms. The summed E-state index contributed by atoms with van der Waals surface area (Å²) in [5.41, 5.74) is 2.46. The summed E-state index contributed by atoms with van der Waals surface area (Å²) in [5, 5.41) is 4.38. The van der Waals surface area contributed by atoms with Gasteiger partial charge in [0.15, 0.2) is 0 Å². The van der Waals surface area contributed by atoms with Crippen molar-refractivity contribution in [1.82, 2.24) is 10.3 Å². The van der Waals surface area contributed by atoms with Crippen molar-refractivity contribution in [3.63, 3.8) is 0 Å². The van der Waals surface area contributed by atoms with Crippen molar-refractivity contribution < 1.29 is 0 Å². The second-order valence-electron chi connectivity index (χ2n) is 4.31. The van der Waals surface area contributed by atoms with E-state index in [9.17, 15) is 0 Å². The van der Waals surface area contributed by atoms with E-state index in [1.54, 1.807) is 11.8 Å². The largest absolute Gasteiger partial charge is 0.313 e. The molecule has 2 nitrogen and oxygen atoms in total. The summed E-state index contributed by atoms with van der Waals surface area (Å²) in [6.45, 7) is 6.08. The van der Waals surface area contributed by atoms with Crippen LogP contribution in [-0.2, 0) is 6.54 Å². The van der Waals surface area contributed by atoms with Crippen LogP contribution in [0.25, 0.3) is 0 Å². The molecule has 0 radical (unpaired) electrons. The van der Waals surface area contributed by atoms with Crippen LogP contribution in [0.1, 0.15) is 18.1 Å². The second-order valence-corrected chi connectivity index (χ2v) is 6.28. The third-order valence-corrected chi connectivity index (χ3v) is 4.28. The van der Waals surface area contributed by atoms with E-state index < -0.39 is 0 Å². The van der Waals surface area contributed by atoms with Gasteiger partial charge in [-0.2, -0.15) is 0 Å². The van der Waals surface area contributed by atoms with E-state index in [-0.39, 0.29) is 0 Å². The van der Waals surface area contributed by atoms with Gasteiger partial charge < -0.3 is 5.32 Å². The predicted molar refractivity (Wildman–Crippen MR) is 84.6 cm³/mol. The maximum atomic E-state index is 4.56. The number of pyridine rings is 1. The zero-order chi connectivity index (χ0) is 13.7. The normalized spacial score (nSPS) is 10.7. The molecule has 1 N–H and O–H groups in total. The number of hydrogen-bond acceptors (Lipinski definition) is 3. The van der Waals surface area contributed by atoms with Crippen molar-refractivity contribution >= 4 is 27.7 Å². The van der Waals surface area contributed by atoms with E-state index in [1.165, 1.54) is 16.0 Å². The molecule has 1 aromatic carbocycles. The fourth-order valence-electron chi connectivity index (χ4n) is 1.74. The standard InChI is InChI=1S/C15H17BrN2S/c1-3-17-9-12-7-11(2)15(18-10-12)19-14-6-4-5-13(16)8-14/h4-8,10,17H,3,9H2,1-2H3. The molecule has 100 valence electrons.